The molecule has 1 atom stereocenters. The number of carbonyl (C=O) groups excluding carboxylic acids is 2. The fourth-order valence-corrected chi connectivity index (χ4v) is 2.57. The number of nitrogens with one attached hydrogen (secondary N) is 2. The van der Waals surface area contributed by atoms with E-state index < -0.39 is 5.92 Å². The summed E-state index contributed by atoms with van der Waals surface area (Å²) in [5.41, 5.74) is 0.664. The molecule has 2 heterocycles. The highest BCUT2D eigenvalue weighted by Crippen LogP contribution is 2.20. The van der Waals surface area contributed by atoms with Crippen molar-refractivity contribution in [1.82, 2.24) is 14.8 Å². The number of aryl methyl sites for hydroxylation is 1. The quantitative estimate of drug-likeness (QED) is 0.868. The Bertz CT molecular complexity index is 754. The molecule has 2 N–H and O–H groups in total. The van der Waals surface area contributed by atoms with Crippen LogP contribution < -0.4 is 15.4 Å². The molecule has 0 saturated carbocycles. The van der Waals surface area contributed by atoms with Crippen LogP contribution >= 0.6 is 0 Å². The number of amides is 2. The van der Waals surface area contributed by atoms with Crippen molar-refractivity contribution in [3.05, 3.63) is 30.1 Å². The molecule has 126 valence electrons. The van der Waals surface area contributed by atoms with E-state index in [1.807, 2.05) is 6.92 Å². The van der Waals surface area contributed by atoms with Gasteiger partial charge in [0.25, 0.3) is 0 Å². The van der Waals surface area contributed by atoms with Crippen LogP contribution in [-0.4, -0.2) is 33.2 Å². The van der Waals surface area contributed by atoms with E-state index in [4.69, 9.17) is 4.74 Å². The molecule has 8 nitrogen and oxygen atoms in total. The van der Waals surface area contributed by atoms with Gasteiger partial charge in [-0.1, -0.05) is 0 Å². The summed E-state index contributed by atoms with van der Waals surface area (Å²) in [5, 5.41) is 9.66. The van der Waals surface area contributed by atoms with Gasteiger partial charge in [0, 0.05) is 12.1 Å². The normalized spacial score (nSPS) is 16.2. The maximum absolute atomic E-state index is 12.2. The molecule has 0 spiro atoms. The summed E-state index contributed by atoms with van der Waals surface area (Å²) in [4.78, 5) is 28.4. The van der Waals surface area contributed by atoms with E-state index in [-0.39, 0.29) is 18.2 Å². The third kappa shape index (κ3) is 3.53. The molecule has 1 aliphatic rings. The molecule has 1 aromatic heterocycles. The molecule has 2 aromatic rings. The second-order valence-electron chi connectivity index (χ2n) is 5.56. The third-order valence-corrected chi connectivity index (χ3v) is 3.66. The molecule has 24 heavy (non-hydrogen) atoms. The average Bonchev–Trinajstić information content (AvgIpc) is 2.89. The van der Waals surface area contributed by atoms with E-state index >= 15 is 0 Å². The van der Waals surface area contributed by atoms with Crippen molar-refractivity contribution in [2.24, 2.45) is 5.92 Å². The minimum absolute atomic E-state index is 0.0807. The summed E-state index contributed by atoms with van der Waals surface area (Å²) in [6.07, 6.45) is 0.0807. The standard InChI is InChI=1S/C16H19N5O3/c1-3-24-13-6-4-12(5-7-13)18-14(22)8-11-9-21-16(19-15(11)23)17-10(2)20-21/h4-7,11H,3,8-9H2,1-2H3,(H,18,22)(H,17,19,20,23)/t11-/m0/s1. The Morgan fingerprint density at radius 3 is 2.88 bits per heavy atom. The van der Waals surface area contributed by atoms with Gasteiger partial charge in [0.1, 0.15) is 11.6 Å². The zero-order chi connectivity index (χ0) is 17.1. The lowest BCUT2D eigenvalue weighted by molar-refractivity contribution is -0.125. The van der Waals surface area contributed by atoms with Crippen LogP contribution in [0.3, 0.4) is 0 Å². The number of hydrogen-bond acceptors (Lipinski definition) is 5. The van der Waals surface area contributed by atoms with Crippen molar-refractivity contribution >= 4 is 23.5 Å². The van der Waals surface area contributed by atoms with E-state index in [9.17, 15) is 9.59 Å². The van der Waals surface area contributed by atoms with Crippen molar-refractivity contribution in [1.29, 1.82) is 0 Å². The van der Waals surface area contributed by atoms with E-state index in [2.05, 4.69) is 20.7 Å². The van der Waals surface area contributed by atoms with Gasteiger partial charge in [0.2, 0.25) is 17.8 Å². The number of benzene rings is 1. The maximum Gasteiger partial charge on any atom is 0.232 e. The van der Waals surface area contributed by atoms with Crippen LogP contribution in [0.4, 0.5) is 11.6 Å². The Kier molecular flexibility index (Phi) is 4.45. The second-order valence-corrected chi connectivity index (χ2v) is 5.56. The molecule has 0 radical (unpaired) electrons. The predicted octanol–water partition coefficient (Wildman–Crippen LogP) is 1.58. The Morgan fingerprint density at radius 2 is 2.17 bits per heavy atom. The topological polar surface area (TPSA) is 98.1 Å². The summed E-state index contributed by atoms with van der Waals surface area (Å²) >= 11 is 0. The van der Waals surface area contributed by atoms with Gasteiger partial charge in [0.15, 0.2) is 0 Å². The first-order valence-corrected chi connectivity index (χ1v) is 7.80. The van der Waals surface area contributed by atoms with E-state index in [1.54, 1.807) is 35.9 Å². The van der Waals surface area contributed by atoms with Crippen LogP contribution in [0.2, 0.25) is 0 Å². The first kappa shape index (κ1) is 16.0. The smallest absolute Gasteiger partial charge is 0.232 e. The predicted molar refractivity (Wildman–Crippen MR) is 87.7 cm³/mol. The fraction of sp³-hybridized carbons (Fsp3) is 0.375. The highest BCUT2D eigenvalue weighted by Gasteiger charge is 2.29. The van der Waals surface area contributed by atoms with Crippen molar-refractivity contribution in [2.75, 3.05) is 17.2 Å². The van der Waals surface area contributed by atoms with Gasteiger partial charge in [-0.25, -0.2) is 4.68 Å². The number of aromatic nitrogens is 3. The monoisotopic (exact) mass is 329 g/mol. The lowest BCUT2D eigenvalue weighted by atomic mass is 10.0. The molecular weight excluding hydrogens is 310 g/mol. The number of rotatable bonds is 5. The van der Waals surface area contributed by atoms with Crippen molar-refractivity contribution < 1.29 is 14.3 Å². The van der Waals surface area contributed by atoms with Crippen LogP contribution in [-0.2, 0) is 16.1 Å². The van der Waals surface area contributed by atoms with Crippen LogP contribution in [0, 0.1) is 12.8 Å². The highest BCUT2D eigenvalue weighted by atomic mass is 16.5. The minimum Gasteiger partial charge on any atom is -0.494 e. The lowest BCUT2D eigenvalue weighted by Crippen LogP contribution is -2.36. The molecule has 0 bridgehead atoms. The zero-order valence-corrected chi connectivity index (χ0v) is 13.6. The van der Waals surface area contributed by atoms with Gasteiger partial charge >= 0.3 is 0 Å². The Hall–Kier alpha value is -2.90. The molecule has 0 unspecified atom stereocenters. The van der Waals surface area contributed by atoms with Crippen LogP contribution in [0.1, 0.15) is 19.2 Å². The summed E-state index contributed by atoms with van der Waals surface area (Å²) in [7, 11) is 0. The zero-order valence-electron chi connectivity index (χ0n) is 13.6. The molecule has 0 saturated heterocycles. The van der Waals surface area contributed by atoms with Crippen LogP contribution in [0.15, 0.2) is 24.3 Å². The Balaban J connectivity index is 1.59. The van der Waals surface area contributed by atoms with Gasteiger partial charge in [-0.3, -0.25) is 14.9 Å². The summed E-state index contributed by atoms with van der Waals surface area (Å²) < 4.78 is 6.97. The van der Waals surface area contributed by atoms with Gasteiger partial charge in [-0.05, 0) is 38.1 Å². The first-order valence-electron chi connectivity index (χ1n) is 7.80. The number of nitrogens with zero attached hydrogens (tertiary/aromatic N) is 3. The fourth-order valence-electron chi connectivity index (χ4n) is 2.57. The number of hydrogen-bond donors (Lipinski definition) is 2. The van der Waals surface area contributed by atoms with E-state index in [1.165, 1.54) is 0 Å². The Labute approximate surface area is 139 Å². The van der Waals surface area contributed by atoms with E-state index in [0.717, 1.165) is 5.75 Å². The highest BCUT2D eigenvalue weighted by molar-refractivity contribution is 5.98. The molecule has 0 aliphatic carbocycles. The van der Waals surface area contributed by atoms with E-state index in [0.29, 0.717) is 30.6 Å². The lowest BCUT2D eigenvalue weighted by Gasteiger charge is -2.21. The maximum atomic E-state index is 12.2. The largest absolute Gasteiger partial charge is 0.494 e. The number of carbonyl (C=O) groups is 2. The first-order chi connectivity index (χ1) is 11.5. The van der Waals surface area contributed by atoms with Crippen molar-refractivity contribution in [3.8, 4) is 5.75 Å². The molecule has 2 amide bonds. The SMILES string of the molecule is CCOc1ccc(NC(=O)C[C@H]2Cn3nc(C)nc3NC2=O)cc1. The van der Waals surface area contributed by atoms with Gasteiger partial charge in [0.05, 0.1) is 19.1 Å². The Morgan fingerprint density at radius 1 is 1.42 bits per heavy atom. The summed E-state index contributed by atoms with van der Waals surface area (Å²) in [5.74, 6) is 0.860. The van der Waals surface area contributed by atoms with Crippen molar-refractivity contribution in [2.45, 2.75) is 26.8 Å². The molecule has 1 aliphatic heterocycles. The van der Waals surface area contributed by atoms with Gasteiger partial charge < -0.3 is 10.1 Å². The summed E-state index contributed by atoms with van der Waals surface area (Å²) in [6, 6.07) is 7.11. The number of ether oxygens (including phenoxy) is 1. The molecule has 8 heteroatoms. The van der Waals surface area contributed by atoms with Crippen molar-refractivity contribution in [3.63, 3.8) is 0 Å². The number of anilines is 2. The third-order valence-electron chi connectivity index (χ3n) is 3.66. The van der Waals surface area contributed by atoms with Crippen LogP contribution in [0.5, 0.6) is 5.75 Å². The molecule has 1 aromatic carbocycles. The molecule has 0 fully saturated rings. The van der Waals surface area contributed by atoms with Gasteiger partial charge in [-0.2, -0.15) is 10.1 Å². The minimum atomic E-state index is -0.471. The summed E-state index contributed by atoms with van der Waals surface area (Å²) in [6.45, 7) is 4.60. The second kappa shape index (κ2) is 6.69. The molecular formula is C16H19N5O3. The average molecular weight is 329 g/mol. The van der Waals surface area contributed by atoms with Gasteiger partial charge in [-0.15, -0.1) is 0 Å². The number of fused-ring (bicyclic) bond motifs is 1. The molecule has 3 rings (SSSR count). The van der Waals surface area contributed by atoms with Crippen LogP contribution in [0.25, 0.3) is 0 Å².